The number of halogens is 1. The SMILES string of the molecule is Cc1noc(Cl)c1CCC(=O)OCc1nccn1Cc1ccccc1. The van der Waals surface area contributed by atoms with Gasteiger partial charge in [0.05, 0.1) is 5.69 Å². The molecule has 3 aromatic rings. The zero-order chi connectivity index (χ0) is 17.6. The van der Waals surface area contributed by atoms with Gasteiger partial charge in [-0.2, -0.15) is 0 Å². The third kappa shape index (κ3) is 4.48. The van der Waals surface area contributed by atoms with Crippen molar-refractivity contribution in [3.05, 3.63) is 70.6 Å². The second kappa shape index (κ2) is 7.98. The molecule has 0 saturated heterocycles. The van der Waals surface area contributed by atoms with E-state index in [0.717, 1.165) is 11.1 Å². The van der Waals surface area contributed by atoms with Crippen LogP contribution in [0.4, 0.5) is 0 Å². The molecule has 6 nitrogen and oxygen atoms in total. The van der Waals surface area contributed by atoms with Crippen molar-refractivity contribution in [3.8, 4) is 0 Å². The first-order valence-corrected chi connectivity index (χ1v) is 8.31. The molecule has 0 N–H and O–H groups in total. The number of aromatic nitrogens is 3. The third-order valence-electron chi connectivity index (χ3n) is 3.88. The molecule has 0 radical (unpaired) electrons. The van der Waals surface area contributed by atoms with Gasteiger partial charge in [-0.1, -0.05) is 35.5 Å². The molecule has 2 heterocycles. The van der Waals surface area contributed by atoms with Crippen molar-refractivity contribution in [3.63, 3.8) is 0 Å². The van der Waals surface area contributed by atoms with Crippen molar-refractivity contribution >= 4 is 17.6 Å². The molecule has 0 aliphatic rings. The Kier molecular flexibility index (Phi) is 5.50. The molecule has 0 amide bonds. The number of hydrogen-bond acceptors (Lipinski definition) is 5. The number of nitrogens with zero attached hydrogens (tertiary/aromatic N) is 3. The summed E-state index contributed by atoms with van der Waals surface area (Å²) in [6.07, 6.45) is 4.22. The van der Waals surface area contributed by atoms with Gasteiger partial charge in [0.2, 0.25) is 5.22 Å². The lowest BCUT2D eigenvalue weighted by Gasteiger charge is -2.09. The molecule has 1 aromatic carbocycles. The Balaban J connectivity index is 1.52. The van der Waals surface area contributed by atoms with Crippen molar-refractivity contribution in [2.45, 2.75) is 32.9 Å². The third-order valence-corrected chi connectivity index (χ3v) is 4.17. The molecule has 0 saturated carbocycles. The van der Waals surface area contributed by atoms with E-state index in [-0.39, 0.29) is 24.2 Å². The molecule has 3 rings (SSSR count). The minimum atomic E-state index is -0.314. The van der Waals surface area contributed by atoms with Crippen LogP contribution >= 0.6 is 11.6 Å². The highest BCUT2D eigenvalue weighted by Crippen LogP contribution is 2.20. The number of esters is 1. The van der Waals surface area contributed by atoms with E-state index in [2.05, 4.69) is 10.1 Å². The van der Waals surface area contributed by atoms with Gasteiger partial charge in [-0.05, 0) is 30.5 Å². The molecule has 0 aliphatic carbocycles. The number of rotatable bonds is 7. The van der Waals surface area contributed by atoms with Crippen molar-refractivity contribution < 1.29 is 14.1 Å². The number of hydrogen-bond donors (Lipinski definition) is 0. The van der Waals surface area contributed by atoms with Crippen LogP contribution in [0.5, 0.6) is 0 Å². The number of carbonyl (C=O) groups excluding carboxylic acids is 1. The average Bonchev–Trinajstić information content (AvgIpc) is 3.19. The van der Waals surface area contributed by atoms with E-state index in [1.165, 1.54) is 0 Å². The fourth-order valence-corrected chi connectivity index (χ4v) is 2.75. The molecular weight excluding hydrogens is 342 g/mol. The van der Waals surface area contributed by atoms with Gasteiger partial charge in [-0.15, -0.1) is 0 Å². The first-order chi connectivity index (χ1) is 12.1. The minimum absolute atomic E-state index is 0.134. The largest absolute Gasteiger partial charge is 0.457 e. The molecule has 0 bridgehead atoms. The molecule has 0 unspecified atom stereocenters. The highest BCUT2D eigenvalue weighted by molar-refractivity contribution is 6.29. The first kappa shape index (κ1) is 17.2. The van der Waals surface area contributed by atoms with Crippen LogP contribution in [-0.4, -0.2) is 20.7 Å². The van der Waals surface area contributed by atoms with E-state index >= 15 is 0 Å². The Bertz CT molecular complexity index is 823. The Hall–Kier alpha value is -2.60. The van der Waals surface area contributed by atoms with E-state index in [9.17, 15) is 4.79 Å². The van der Waals surface area contributed by atoms with Gasteiger partial charge < -0.3 is 13.8 Å². The van der Waals surface area contributed by atoms with Crippen LogP contribution in [0.25, 0.3) is 0 Å². The lowest BCUT2D eigenvalue weighted by Crippen LogP contribution is -2.11. The molecule has 0 aliphatic heterocycles. The molecule has 2 aromatic heterocycles. The normalized spacial score (nSPS) is 10.8. The Morgan fingerprint density at radius 1 is 1.32 bits per heavy atom. The number of aryl methyl sites for hydroxylation is 1. The molecule has 0 spiro atoms. The zero-order valence-electron chi connectivity index (χ0n) is 13.8. The lowest BCUT2D eigenvalue weighted by atomic mass is 10.1. The number of carbonyl (C=O) groups is 1. The maximum absolute atomic E-state index is 12.0. The quantitative estimate of drug-likeness (QED) is 0.603. The number of imidazole rings is 1. The predicted molar refractivity (Wildman–Crippen MR) is 92.1 cm³/mol. The maximum Gasteiger partial charge on any atom is 0.306 e. The van der Waals surface area contributed by atoms with E-state index in [1.807, 2.05) is 41.1 Å². The van der Waals surface area contributed by atoms with Crippen LogP contribution < -0.4 is 0 Å². The summed E-state index contributed by atoms with van der Waals surface area (Å²) in [5.41, 5.74) is 2.59. The van der Waals surface area contributed by atoms with Crippen molar-refractivity contribution in [2.75, 3.05) is 0 Å². The maximum atomic E-state index is 12.0. The molecule has 0 fully saturated rings. The van der Waals surface area contributed by atoms with Gasteiger partial charge in [-0.25, -0.2) is 4.98 Å². The monoisotopic (exact) mass is 359 g/mol. The second-order valence-corrected chi connectivity index (χ2v) is 5.98. The van der Waals surface area contributed by atoms with Crippen LogP contribution in [0.2, 0.25) is 5.22 Å². The molecule has 25 heavy (non-hydrogen) atoms. The van der Waals surface area contributed by atoms with Crippen LogP contribution in [-0.2, 0) is 29.1 Å². The number of ether oxygens (including phenoxy) is 1. The highest BCUT2D eigenvalue weighted by Gasteiger charge is 2.14. The summed E-state index contributed by atoms with van der Waals surface area (Å²) in [5, 5.41) is 3.99. The van der Waals surface area contributed by atoms with E-state index < -0.39 is 0 Å². The lowest BCUT2D eigenvalue weighted by molar-refractivity contribution is -0.145. The zero-order valence-corrected chi connectivity index (χ0v) is 14.6. The van der Waals surface area contributed by atoms with Crippen LogP contribution in [0.3, 0.4) is 0 Å². The van der Waals surface area contributed by atoms with Gasteiger partial charge in [-0.3, -0.25) is 4.79 Å². The van der Waals surface area contributed by atoms with E-state index in [1.54, 1.807) is 13.1 Å². The fourth-order valence-electron chi connectivity index (χ4n) is 2.49. The average molecular weight is 360 g/mol. The summed E-state index contributed by atoms with van der Waals surface area (Å²) in [7, 11) is 0. The second-order valence-electron chi connectivity index (χ2n) is 5.64. The summed E-state index contributed by atoms with van der Waals surface area (Å²) in [6.45, 7) is 2.61. The van der Waals surface area contributed by atoms with Crippen molar-refractivity contribution in [2.24, 2.45) is 0 Å². The number of benzene rings is 1. The standard InChI is InChI=1S/C18H18ClN3O3/c1-13-15(18(19)25-21-13)7-8-17(23)24-12-16-20-9-10-22(16)11-14-5-3-2-4-6-14/h2-6,9-10H,7-8,11-12H2,1H3. The molecule has 7 heteroatoms. The smallest absolute Gasteiger partial charge is 0.306 e. The molecule has 0 atom stereocenters. The van der Waals surface area contributed by atoms with Crippen molar-refractivity contribution in [1.29, 1.82) is 0 Å². The van der Waals surface area contributed by atoms with Crippen LogP contribution in [0, 0.1) is 6.92 Å². The summed E-state index contributed by atoms with van der Waals surface area (Å²) in [5.74, 6) is 0.391. The summed E-state index contributed by atoms with van der Waals surface area (Å²) < 4.78 is 12.2. The highest BCUT2D eigenvalue weighted by atomic mass is 35.5. The molecular formula is C18H18ClN3O3. The van der Waals surface area contributed by atoms with Gasteiger partial charge in [0.1, 0.15) is 12.4 Å². The van der Waals surface area contributed by atoms with E-state index in [4.69, 9.17) is 20.9 Å². The van der Waals surface area contributed by atoms with Gasteiger partial charge in [0.25, 0.3) is 0 Å². The topological polar surface area (TPSA) is 70.2 Å². The summed E-state index contributed by atoms with van der Waals surface area (Å²) in [6, 6.07) is 10.0. The van der Waals surface area contributed by atoms with Gasteiger partial charge in [0.15, 0.2) is 0 Å². The summed E-state index contributed by atoms with van der Waals surface area (Å²) in [4.78, 5) is 16.2. The first-order valence-electron chi connectivity index (χ1n) is 7.93. The van der Waals surface area contributed by atoms with Gasteiger partial charge in [0, 0.05) is 30.9 Å². The Labute approximate surface area is 150 Å². The van der Waals surface area contributed by atoms with Crippen LogP contribution in [0.1, 0.15) is 29.1 Å². The molecule has 130 valence electrons. The fraction of sp³-hybridized carbons (Fsp3) is 0.278. The Morgan fingerprint density at radius 3 is 2.84 bits per heavy atom. The minimum Gasteiger partial charge on any atom is -0.457 e. The predicted octanol–water partition coefficient (Wildman–Crippen LogP) is 3.56. The van der Waals surface area contributed by atoms with Gasteiger partial charge >= 0.3 is 5.97 Å². The van der Waals surface area contributed by atoms with Crippen molar-refractivity contribution in [1.82, 2.24) is 14.7 Å². The van der Waals surface area contributed by atoms with E-state index in [0.29, 0.717) is 24.5 Å². The summed E-state index contributed by atoms with van der Waals surface area (Å²) >= 11 is 5.89. The van der Waals surface area contributed by atoms with Crippen LogP contribution in [0.15, 0.2) is 47.2 Å². The Morgan fingerprint density at radius 2 is 2.12 bits per heavy atom.